The number of nitrogens with zero attached hydrogens (tertiary/aromatic N) is 3. The third-order valence-corrected chi connectivity index (χ3v) is 6.38. The van der Waals surface area contributed by atoms with Crippen molar-refractivity contribution in [1.29, 1.82) is 0 Å². The Labute approximate surface area is 182 Å². The third-order valence-electron chi connectivity index (χ3n) is 6.38. The molecular formula is C26H25N3O2. The molecule has 31 heavy (non-hydrogen) atoms. The molecule has 3 aliphatic heterocycles. The molecule has 3 saturated heterocycles. The first-order valence-corrected chi connectivity index (χ1v) is 10.8. The standard InChI is InChI=1S/C26H25N3O2/c30-25-8-4-5-15-29(25)24-10-9-21(23(27-24)18-20-6-2-1-3-7-20)11-14-26(31)19-28-16-12-22(26)13-17-28/h1-10,15,22,31H,12-13,16-19H2. The Kier molecular flexibility index (Phi) is 5.19. The summed E-state index contributed by atoms with van der Waals surface area (Å²) in [6, 6.07) is 18.9. The molecule has 3 aromatic rings. The van der Waals surface area contributed by atoms with Crippen LogP contribution in [0.3, 0.4) is 0 Å². The molecule has 156 valence electrons. The van der Waals surface area contributed by atoms with Gasteiger partial charge >= 0.3 is 0 Å². The van der Waals surface area contributed by atoms with Crippen LogP contribution in [0.15, 0.2) is 71.7 Å². The van der Waals surface area contributed by atoms with E-state index in [0.29, 0.717) is 18.8 Å². The van der Waals surface area contributed by atoms with Crippen LogP contribution < -0.4 is 5.56 Å². The molecule has 5 heteroatoms. The molecule has 1 atom stereocenters. The van der Waals surface area contributed by atoms with Gasteiger partial charge in [0.15, 0.2) is 0 Å². The number of benzene rings is 1. The molecule has 0 amide bonds. The molecule has 0 radical (unpaired) electrons. The van der Waals surface area contributed by atoms with Crippen LogP contribution in [-0.2, 0) is 6.42 Å². The van der Waals surface area contributed by atoms with Gasteiger partial charge in [-0.1, -0.05) is 48.2 Å². The van der Waals surface area contributed by atoms with Gasteiger partial charge in [0, 0.05) is 36.7 Å². The van der Waals surface area contributed by atoms with E-state index in [2.05, 4.69) is 28.9 Å². The van der Waals surface area contributed by atoms with Crippen LogP contribution in [0.1, 0.15) is 29.7 Å². The zero-order valence-electron chi connectivity index (χ0n) is 17.4. The van der Waals surface area contributed by atoms with Crippen LogP contribution in [0.4, 0.5) is 0 Å². The van der Waals surface area contributed by atoms with Crippen molar-refractivity contribution in [1.82, 2.24) is 14.5 Å². The van der Waals surface area contributed by atoms with E-state index in [0.717, 1.165) is 42.8 Å². The summed E-state index contributed by atoms with van der Waals surface area (Å²) in [7, 11) is 0. The summed E-state index contributed by atoms with van der Waals surface area (Å²) in [5.74, 6) is 7.25. The number of fused-ring (bicyclic) bond motifs is 3. The minimum Gasteiger partial charge on any atom is -0.376 e. The number of aliphatic hydroxyl groups is 1. The number of hydrogen-bond acceptors (Lipinski definition) is 4. The van der Waals surface area contributed by atoms with Crippen molar-refractivity contribution >= 4 is 0 Å². The zero-order valence-corrected chi connectivity index (χ0v) is 17.4. The first-order valence-electron chi connectivity index (χ1n) is 10.8. The predicted octanol–water partition coefficient (Wildman–Crippen LogP) is 2.63. The molecule has 0 saturated carbocycles. The molecule has 2 aromatic heterocycles. The highest BCUT2D eigenvalue weighted by molar-refractivity contribution is 5.45. The van der Waals surface area contributed by atoms with Gasteiger partial charge in [0.05, 0.1) is 5.69 Å². The van der Waals surface area contributed by atoms with E-state index in [1.807, 2.05) is 36.4 Å². The van der Waals surface area contributed by atoms with E-state index in [4.69, 9.17) is 4.98 Å². The molecule has 3 fully saturated rings. The Morgan fingerprint density at radius 2 is 1.81 bits per heavy atom. The van der Waals surface area contributed by atoms with Crippen LogP contribution in [-0.4, -0.2) is 44.8 Å². The summed E-state index contributed by atoms with van der Waals surface area (Å²) >= 11 is 0. The monoisotopic (exact) mass is 411 g/mol. The summed E-state index contributed by atoms with van der Waals surface area (Å²) in [5, 5.41) is 11.2. The van der Waals surface area contributed by atoms with Gasteiger partial charge in [-0.2, -0.15) is 0 Å². The van der Waals surface area contributed by atoms with Crippen LogP contribution in [0, 0.1) is 17.8 Å². The fourth-order valence-corrected chi connectivity index (χ4v) is 4.63. The summed E-state index contributed by atoms with van der Waals surface area (Å²) in [6.45, 7) is 2.72. The zero-order chi connectivity index (χ0) is 21.3. The van der Waals surface area contributed by atoms with Crippen molar-refractivity contribution in [2.24, 2.45) is 5.92 Å². The van der Waals surface area contributed by atoms with Gasteiger partial charge in [0.1, 0.15) is 11.4 Å². The second kappa shape index (κ2) is 8.14. The number of rotatable bonds is 3. The van der Waals surface area contributed by atoms with Crippen molar-refractivity contribution in [3.05, 3.63) is 94.0 Å². The number of pyridine rings is 2. The largest absolute Gasteiger partial charge is 0.376 e. The van der Waals surface area contributed by atoms with E-state index in [1.165, 1.54) is 10.6 Å². The van der Waals surface area contributed by atoms with Crippen LogP contribution in [0.2, 0.25) is 0 Å². The van der Waals surface area contributed by atoms with Crippen molar-refractivity contribution < 1.29 is 5.11 Å². The van der Waals surface area contributed by atoms with Crippen molar-refractivity contribution in [3.8, 4) is 17.7 Å². The lowest BCUT2D eigenvalue weighted by atomic mass is 9.75. The average Bonchev–Trinajstić information content (AvgIpc) is 2.80. The SMILES string of the molecule is O=c1ccccn1-c1ccc(C#CC2(O)CN3CCC2CC3)c(Cc2ccccc2)n1. The first-order chi connectivity index (χ1) is 15.1. The van der Waals surface area contributed by atoms with E-state index < -0.39 is 5.60 Å². The predicted molar refractivity (Wildman–Crippen MR) is 120 cm³/mol. The van der Waals surface area contributed by atoms with Crippen LogP contribution >= 0.6 is 0 Å². The lowest BCUT2D eigenvalue weighted by Crippen LogP contribution is -2.58. The van der Waals surface area contributed by atoms with Gasteiger partial charge in [0.2, 0.25) is 0 Å². The Bertz CT molecular complexity index is 1200. The second-order valence-corrected chi connectivity index (χ2v) is 8.46. The van der Waals surface area contributed by atoms with Gasteiger partial charge in [-0.25, -0.2) is 4.98 Å². The molecule has 2 bridgehead atoms. The van der Waals surface area contributed by atoms with Crippen LogP contribution in [0.25, 0.3) is 5.82 Å². The number of hydrogen-bond donors (Lipinski definition) is 1. The molecule has 1 N–H and O–H groups in total. The van der Waals surface area contributed by atoms with E-state index >= 15 is 0 Å². The van der Waals surface area contributed by atoms with E-state index in [1.54, 1.807) is 12.3 Å². The van der Waals surface area contributed by atoms with Gasteiger partial charge in [-0.3, -0.25) is 14.3 Å². The van der Waals surface area contributed by atoms with Crippen molar-refractivity contribution in [2.75, 3.05) is 19.6 Å². The molecular weight excluding hydrogens is 386 g/mol. The average molecular weight is 412 g/mol. The van der Waals surface area contributed by atoms with Crippen LogP contribution in [0.5, 0.6) is 0 Å². The minimum absolute atomic E-state index is 0.124. The number of piperidine rings is 3. The molecule has 5 nitrogen and oxygen atoms in total. The van der Waals surface area contributed by atoms with Crippen molar-refractivity contribution in [2.45, 2.75) is 24.9 Å². The summed E-state index contributed by atoms with van der Waals surface area (Å²) < 4.78 is 1.53. The van der Waals surface area contributed by atoms with Gasteiger partial charge in [-0.05, 0) is 49.7 Å². The quantitative estimate of drug-likeness (QED) is 0.674. The molecule has 6 rings (SSSR count). The van der Waals surface area contributed by atoms with Gasteiger partial charge < -0.3 is 5.11 Å². The topological polar surface area (TPSA) is 58.4 Å². The summed E-state index contributed by atoms with van der Waals surface area (Å²) in [4.78, 5) is 19.4. The summed E-state index contributed by atoms with van der Waals surface area (Å²) in [6.07, 6.45) is 4.32. The maximum atomic E-state index is 12.3. The lowest BCUT2D eigenvalue weighted by Gasteiger charge is -2.47. The molecule has 1 aromatic carbocycles. The highest BCUT2D eigenvalue weighted by Gasteiger charge is 2.44. The second-order valence-electron chi connectivity index (χ2n) is 8.46. The highest BCUT2D eigenvalue weighted by atomic mass is 16.3. The normalized spacial score (nSPS) is 24.4. The maximum Gasteiger partial charge on any atom is 0.256 e. The summed E-state index contributed by atoms with van der Waals surface area (Å²) in [5.41, 5.74) is 1.63. The highest BCUT2D eigenvalue weighted by Crippen LogP contribution is 2.35. The third kappa shape index (κ3) is 4.05. The maximum absolute atomic E-state index is 12.3. The fraction of sp³-hybridized carbons (Fsp3) is 0.308. The molecule has 3 aliphatic rings. The minimum atomic E-state index is -0.963. The lowest BCUT2D eigenvalue weighted by molar-refractivity contribution is -0.0713. The Morgan fingerprint density at radius 1 is 1.03 bits per heavy atom. The Balaban J connectivity index is 1.54. The van der Waals surface area contributed by atoms with Crippen molar-refractivity contribution in [3.63, 3.8) is 0 Å². The van der Waals surface area contributed by atoms with Gasteiger partial charge in [-0.15, -0.1) is 0 Å². The molecule has 0 aliphatic carbocycles. The fourth-order valence-electron chi connectivity index (χ4n) is 4.63. The Morgan fingerprint density at radius 3 is 2.52 bits per heavy atom. The van der Waals surface area contributed by atoms with Gasteiger partial charge in [0.25, 0.3) is 5.56 Å². The smallest absolute Gasteiger partial charge is 0.256 e. The number of aromatic nitrogens is 2. The molecule has 5 heterocycles. The van der Waals surface area contributed by atoms with E-state index in [9.17, 15) is 9.90 Å². The van der Waals surface area contributed by atoms with E-state index in [-0.39, 0.29) is 11.5 Å². The molecule has 0 spiro atoms. The molecule has 1 unspecified atom stereocenters. The first kappa shape index (κ1) is 19.7. The Hall–Kier alpha value is -3.20.